The van der Waals surface area contributed by atoms with Gasteiger partial charge in [0.05, 0.1) is 6.10 Å². The number of hydrogen-bond acceptors (Lipinski definition) is 4. The van der Waals surface area contributed by atoms with E-state index in [-0.39, 0.29) is 5.76 Å². The zero-order valence-corrected chi connectivity index (χ0v) is 11.5. The van der Waals surface area contributed by atoms with Gasteiger partial charge in [-0.05, 0) is 32.8 Å². The van der Waals surface area contributed by atoms with Crippen LogP contribution in [0.5, 0.6) is 0 Å². The number of aromatic carboxylic acids is 1. The van der Waals surface area contributed by atoms with Crippen LogP contribution in [0.1, 0.15) is 41.6 Å². The van der Waals surface area contributed by atoms with Gasteiger partial charge in [-0.25, -0.2) is 4.79 Å². The monoisotopic (exact) mass is 267 g/mol. The Bertz CT molecular complexity index is 433. The molecular formula is C14H21NO4. The number of hydrogen-bond donors (Lipinski definition) is 1. The largest absolute Gasteiger partial charge is 0.475 e. The Balaban J connectivity index is 1.90. The van der Waals surface area contributed by atoms with Crippen LogP contribution in [0.15, 0.2) is 10.5 Å². The van der Waals surface area contributed by atoms with Crippen LogP contribution in [-0.2, 0) is 11.3 Å². The van der Waals surface area contributed by atoms with E-state index in [4.69, 9.17) is 14.3 Å². The Morgan fingerprint density at radius 2 is 2.21 bits per heavy atom. The van der Waals surface area contributed by atoms with E-state index in [1.54, 1.807) is 6.07 Å². The third kappa shape index (κ3) is 3.58. The van der Waals surface area contributed by atoms with Gasteiger partial charge < -0.3 is 14.3 Å². The van der Waals surface area contributed by atoms with Crippen LogP contribution in [0, 0.1) is 6.92 Å². The van der Waals surface area contributed by atoms with Crippen LogP contribution < -0.4 is 0 Å². The molecule has 5 heteroatoms. The number of rotatable bonds is 5. The Kier molecular flexibility index (Phi) is 4.61. The molecule has 5 nitrogen and oxygen atoms in total. The van der Waals surface area contributed by atoms with Gasteiger partial charge in [0.2, 0.25) is 5.76 Å². The molecule has 2 heterocycles. The zero-order valence-electron chi connectivity index (χ0n) is 11.5. The predicted molar refractivity (Wildman–Crippen MR) is 70.3 cm³/mol. The van der Waals surface area contributed by atoms with E-state index in [0.717, 1.165) is 44.6 Å². The Morgan fingerprint density at radius 3 is 2.74 bits per heavy atom. The fourth-order valence-electron chi connectivity index (χ4n) is 2.49. The summed E-state index contributed by atoms with van der Waals surface area (Å²) in [6, 6.07) is 1.63. The lowest BCUT2D eigenvalue weighted by atomic mass is 10.1. The fraction of sp³-hybridized carbons (Fsp3) is 0.643. The number of carboxylic acid groups (broad SMARTS) is 1. The average molecular weight is 267 g/mol. The van der Waals surface area contributed by atoms with Crippen LogP contribution >= 0.6 is 0 Å². The Hall–Kier alpha value is -1.33. The first-order valence-corrected chi connectivity index (χ1v) is 6.76. The van der Waals surface area contributed by atoms with E-state index < -0.39 is 5.97 Å². The Labute approximate surface area is 113 Å². The lowest BCUT2D eigenvalue weighted by molar-refractivity contribution is 0.0124. The lowest BCUT2D eigenvalue weighted by Crippen LogP contribution is -2.36. The minimum Gasteiger partial charge on any atom is -0.475 e. The third-order valence-corrected chi connectivity index (χ3v) is 3.56. The van der Waals surface area contributed by atoms with E-state index >= 15 is 0 Å². The first-order chi connectivity index (χ1) is 9.10. The van der Waals surface area contributed by atoms with Gasteiger partial charge in [0.15, 0.2) is 0 Å². The minimum absolute atomic E-state index is 0.0247. The molecule has 1 aliphatic heterocycles. The van der Waals surface area contributed by atoms with Crippen molar-refractivity contribution in [2.24, 2.45) is 0 Å². The first kappa shape index (κ1) is 14.1. The third-order valence-electron chi connectivity index (χ3n) is 3.56. The number of furan rings is 1. The smallest absolute Gasteiger partial charge is 0.371 e. The summed E-state index contributed by atoms with van der Waals surface area (Å²) in [5, 5.41) is 8.90. The molecule has 0 aliphatic carbocycles. The SMILES string of the molecule is CCOC1CCN(Cc2cc(C(=O)O)oc2C)CC1. The maximum atomic E-state index is 10.8. The summed E-state index contributed by atoms with van der Waals surface area (Å²) in [6.07, 6.45) is 2.45. The van der Waals surface area contributed by atoms with Crippen molar-refractivity contribution in [1.82, 2.24) is 4.90 Å². The van der Waals surface area contributed by atoms with Crippen molar-refractivity contribution in [2.75, 3.05) is 19.7 Å². The maximum Gasteiger partial charge on any atom is 0.371 e. The fourth-order valence-corrected chi connectivity index (χ4v) is 2.49. The van der Waals surface area contributed by atoms with Crippen molar-refractivity contribution in [3.63, 3.8) is 0 Å². The molecule has 1 aromatic heterocycles. The standard InChI is InChI=1S/C14H21NO4/c1-3-18-12-4-6-15(7-5-12)9-11-8-13(14(16)17)19-10(11)2/h8,12H,3-7,9H2,1-2H3,(H,16,17). The summed E-state index contributed by atoms with van der Waals surface area (Å²) in [5.74, 6) is -0.287. The molecule has 0 aromatic carbocycles. The average Bonchev–Trinajstić information content (AvgIpc) is 2.74. The molecule has 106 valence electrons. The molecule has 0 spiro atoms. The molecule has 19 heavy (non-hydrogen) atoms. The minimum atomic E-state index is -1.01. The summed E-state index contributed by atoms with van der Waals surface area (Å²) in [5.41, 5.74) is 0.965. The molecule has 0 radical (unpaired) electrons. The molecular weight excluding hydrogens is 246 g/mol. The summed E-state index contributed by atoms with van der Waals surface area (Å²) in [6.45, 7) is 7.33. The summed E-state index contributed by atoms with van der Waals surface area (Å²) < 4.78 is 10.8. The van der Waals surface area contributed by atoms with E-state index in [1.807, 2.05) is 13.8 Å². The molecule has 0 atom stereocenters. The number of piperidine rings is 1. The second-order valence-corrected chi connectivity index (χ2v) is 4.93. The summed E-state index contributed by atoms with van der Waals surface area (Å²) in [7, 11) is 0. The number of ether oxygens (including phenoxy) is 1. The van der Waals surface area contributed by atoms with Gasteiger partial charge in [-0.3, -0.25) is 4.90 Å². The molecule has 1 N–H and O–H groups in total. The summed E-state index contributed by atoms with van der Waals surface area (Å²) in [4.78, 5) is 13.2. The van der Waals surface area contributed by atoms with Crippen molar-refractivity contribution in [1.29, 1.82) is 0 Å². The van der Waals surface area contributed by atoms with E-state index in [2.05, 4.69) is 4.90 Å². The molecule has 1 saturated heterocycles. The summed E-state index contributed by atoms with van der Waals surface area (Å²) >= 11 is 0. The quantitative estimate of drug-likeness (QED) is 0.886. The van der Waals surface area contributed by atoms with Gasteiger partial charge in [0.1, 0.15) is 5.76 Å². The molecule has 1 aromatic rings. The van der Waals surface area contributed by atoms with Crippen molar-refractivity contribution in [2.45, 2.75) is 39.3 Å². The van der Waals surface area contributed by atoms with Crippen LogP contribution in [0.2, 0.25) is 0 Å². The van der Waals surface area contributed by atoms with Crippen LogP contribution in [0.3, 0.4) is 0 Å². The topological polar surface area (TPSA) is 62.9 Å². The van der Waals surface area contributed by atoms with E-state index in [9.17, 15) is 4.79 Å². The molecule has 1 aliphatic rings. The molecule has 2 rings (SSSR count). The first-order valence-electron chi connectivity index (χ1n) is 6.76. The highest BCUT2D eigenvalue weighted by atomic mass is 16.5. The highest BCUT2D eigenvalue weighted by Crippen LogP contribution is 2.20. The van der Waals surface area contributed by atoms with Gasteiger partial charge in [-0.1, -0.05) is 0 Å². The number of aryl methyl sites for hydroxylation is 1. The highest BCUT2D eigenvalue weighted by molar-refractivity contribution is 5.84. The normalized spacial score (nSPS) is 17.8. The number of likely N-dealkylation sites (tertiary alicyclic amines) is 1. The van der Waals surface area contributed by atoms with Crippen molar-refractivity contribution in [3.05, 3.63) is 23.2 Å². The zero-order chi connectivity index (χ0) is 13.8. The van der Waals surface area contributed by atoms with Crippen LogP contribution in [-0.4, -0.2) is 41.8 Å². The molecule has 0 saturated carbocycles. The number of carbonyl (C=O) groups is 1. The van der Waals surface area contributed by atoms with Gasteiger partial charge in [-0.15, -0.1) is 0 Å². The molecule has 1 fully saturated rings. The molecule has 0 amide bonds. The predicted octanol–water partition coefficient (Wildman–Crippen LogP) is 2.29. The molecule has 0 unspecified atom stereocenters. The molecule has 0 bridgehead atoms. The number of carboxylic acids is 1. The maximum absolute atomic E-state index is 10.8. The Morgan fingerprint density at radius 1 is 1.53 bits per heavy atom. The van der Waals surface area contributed by atoms with Crippen molar-refractivity contribution >= 4 is 5.97 Å². The number of nitrogens with zero attached hydrogens (tertiary/aromatic N) is 1. The van der Waals surface area contributed by atoms with Gasteiger partial charge in [0, 0.05) is 31.8 Å². The van der Waals surface area contributed by atoms with Gasteiger partial charge >= 0.3 is 5.97 Å². The van der Waals surface area contributed by atoms with Gasteiger partial charge in [-0.2, -0.15) is 0 Å². The lowest BCUT2D eigenvalue weighted by Gasteiger charge is -2.31. The van der Waals surface area contributed by atoms with Crippen LogP contribution in [0.4, 0.5) is 0 Å². The van der Waals surface area contributed by atoms with Gasteiger partial charge in [0.25, 0.3) is 0 Å². The second-order valence-electron chi connectivity index (χ2n) is 4.93. The van der Waals surface area contributed by atoms with Crippen molar-refractivity contribution < 1.29 is 19.1 Å². The highest BCUT2D eigenvalue weighted by Gasteiger charge is 2.21. The van der Waals surface area contributed by atoms with Crippen molar-refractivity contribution in [3.8, 4) is 0 Å². The second kappa shape index (κ2) is 6.21. The van der Waals surface area contributed by atoms with Crippen LogP contribution in [0.25, 0.3) is 0 Å². The van der Waals surface area contributed by atoms with E-state index in [1.165, 1.54) is 0 Å². The van der Waals surface area contributed by atoms with E-state index in [0.29, 0.717) is 11.9 Å².